The Labute approximate surface area is 160 Å². The van der Waals surface area contributed by atoms with E-state index in [2.05, 4.69) is 9.97 Å². The molecule has 26 heavy (non-hydrogen) atoms. The van der Waals surface area contributed by atoms with Gasteiger partial charge in [-0.2, -0.15) is 0 Å². The Kier molecular flexibility index (Phi) is 5.59. The van der Waals surface area contributed by atoms with Gasteiger partial charge in [-0.25, -0.2) is 14.8 Å². The number of nitrogens with zero attached hydrogens (tertiary/aromatic N) is 2. The van der Waals surface area contributed by atoms with Gasteiger partial charge in [0.1, 0.15) is 5.15 Å². The van der Waals surface area contributed by atoms with Gasteiger partial charge in [-0.1, -0.05) is 53.5 Å². The van der Waals surface area contributed by atoms with Crippen LogP contribution in [0.3, 0.4) is 0 Å². The molecule has 5 nitrogen and oxygen atoms in total. The molecule has 0 aliphatic carbocycles. The Bertz CT molecular complexity index is 962. The number of ether oxygens (including phenoxy) is 2. The van der Waals surface area contributed by atoms with Crippen LogP contribution in [0, 0.1) is 0 Å². The molecular weight excluding hydrogens is 375 g/mol. The van der Waals surface area contributed by atoms with Crippen LogP contribution in [-0.4, -0.2) is 29.2 Å². The minimum atomic E-state index is -0.627. The molecule has 0 aliphatic rings. The number of halogens is 2. The van der Waals surface area contributed by atoms with E-state index in [0.717, 1.165) is 5.56 Å². The molecule has 0 bridgehead atoms. The summed E-state index contributed by atoms with van der Waals surface area (Å²) in [5.41, 5.74) is 1.51. The van der Waals surface area contributed by atoms with Crippen molar-refractivity contribution in [2.24, 2.45) is 0 Å². The fourth-order valence-corrected chi connectivity index (χ4v) is 3.09. The molecule has 0 saturated heterocycles. The maximum absolute atomic E-state index is 12.2. The van der Waals surface area contributed by atoms with Crippen LogP contribution in [0.25, 0.3) is 22.0 Å². The normalized spacial score (nSPS) is 10.8. The number of aromatic nitrogens is 2. The van der Waals surface area contributed by atoms with Crippen molar-refractivity contribution in [3.8, 4) is 17.1 Å². The molecule has 0 unspecified atom stereocenters. The molecule has 2 heterocycles. The molecule has 7 heteroatoms. The molecule has 3 aromatic rings. The lowest BCUT2D eigenvalue weighted by molar-refractivity contribution is 0.0520. The lowest BCUT2D eigenvalue weighted by atomic mass is 10.1. The molecule has 0 radical (unpaired) electrons. The van der Waals surface area contributed by atoms with Crippen molar-refractivity contribution >= 4 is 39.9 Å². The monoisotopic (exact) mass is 390 g/mol. The molecule has 0 saturated carbocycles. The minimum absolute atomic E-state index is 0.0290. The van der Waals surface area contributed by atoms with E-state index in [1.165, 1.54) is 0 Å². The molecule has 0 spiro atoms. The summed E-state index contributed by atoms with van der Waals surface area (Å²) in [4.78, 5) is 20.8. The molecule has 0 amide bonds. The first kappa shape index (κ1) is 18.4. The van der Waals surface area contributed by atoms with Crippen LogP contribution in [0.15, 0.2) is 36.4 Å². The van der Waals surface area contributed by atoms with E-state index in [1.54, 1.807) is 13.0 Å². The zero-order valence-corrected chi connectivity index (χ0v) is 15.8. The average molecular weight is 391 g/mol. The molecule has 0 atom stereocenters. The van der Waals surface area contributed by atoms with Crippen LogP contribution in [0.4, 0.5) is 0 Å². The Balaban J connectivity index is 2.31. The quantitative estimate of drug-likeness (QED) is 0.443. The summed E-state index contributed by atoms with van der Waals surface area (Å²) in [6, 6.07) is 11.4. The molecule has 0 aliphatic heterocycles. The molecule has 2 aromatic heterocycles. The molecule has 134 valence electrons. The van der Waals surface area contributed by atoms with Gasteiger partial charge >= 0.3 is 5.97 Å². The molecule has 0 N–H and O–H groups in total. The topological polar surface area (TPSA) is 61.3 Å². The predicted octanol–water partition coefficient (Wildman–Crippen LogP) is 5.18. The number of rotatable bonds is 5. The van der Waals surface area contributed by atoms with Crippen molar-refractivity contribution in [1.29, 1.82) is 0 Å². The third-order valence-corrected chi connectivity index (χ3v) is 4.32. The highest BCUT2D eigenvalue weighted by molar-refractivity contribution is 6.41. The fourth-order valence-electron chi connectivity index (χ4n) is 2.56. The van der Waals surface area contributed by atoms with Crippen LogP contribution in [0.5, 0.6) is 5.88 Å². The predicted molar refractivity (Wildman–Crippen MR) is 102 cm³/mol. The van der Waals surface area contributed by atoms with Gasteiger partial charge < -0.3 is 9.47 Å². The summed E-state index contributed by atoms with van der Waals surface area (Å²) in [6.45, 7) is 4.16. The van der Waals surface area contributed by atoms with E-state index in [0.29, 0.717) is 29.0 Å². The van der Waals surface area contributed by atoms with E-state index in [9.17, 15) is 4.79 Å². The molecular formula is C19H16Cl2N2O3. The van der Waals surface area contributed by atoms with Gasteiger partial charge in [-0.05, 0) is 19.9 Å². The summed E-state index contributed by atoms with van der Waals surface area (Å²) in [5, 5.41) is 1.24. The van der Waals surface area contributed by atoms with Crippen molar-refractivity contribution in [3.05, 3.63) is 52.3 Å². The van der Waals surface area contributed by atoms with Crippen LogP contribution in [-0.2, 0) is 4.74 Å². The molecule has 1 aromatic carbocycles. The maximum atomic E-state index is 12.2. The number of esters is 1. The zero-order chi connectivity index (χ0) is 18.7. The first-order valence-electron chi connectivity index (χ1n) is 8.11. The van der Waals surface area contributed by atoms with E-state index >= 15 is 0 Å². The summed E-state index contributed by atoms with van der Waals surface area (Å²) in [6.07, 6.45) is 0. The number of carbonyl (C=O) groups is 1. The second-order valence-electron chi connectivity index (χ2n) is 5.32. The zero-order valence-electron chi connectivity index (χ0n) is 14.3. The third kappa shape index (κ3) is 3.45. The van der Waals surface area contributed by atoms with Crippen molar-refractivity contribution in [2.75, 3.05) is 13.2 Å². The van der Waals surface area contributed by atoms with Gasteiger partial charge in [0.05, 0.1) is 29.3 Å². The number of pyridine rings is 2. The highest BCUT2D eigenvalue weighted by atomic mass is 35.5. The second-order valence-corrected chi connectivity index (χ2v) is 6.06. The van der Waals surface area contributed by atoms with Crippen molar-refractivity contribution in [2.45, 2.75) is 13.8 Å². The van der Waals surface area contributed by atoms with E-state index in [1.807, 2.05) is 37.3 Å². The van der Waals surface area contributed by atoms with Gasteiger partial charge in [-0.15, -0.1) is 0 Å². The Morgan fingerprint density at radius 3 is 2.46 bits per heavy atom. The number of benzene rings is 1. The first-order valence-corrected chi connectivity index (χ1v) is 8.87. The Morgan fingerprint density at radius 1 is 1.08 bits per heavy atom. The number of hydrogen-bond acceptors (Lipinski definition) is 5. The lowest BCUT2D eigenvalue weighted by Crippen LogP contribution is -2.09. The maximum Gasteiger partial charge on any atom is 0.358 e. The summed E-state index contributed by atoms with van der Waals surface area (Å²) >= 11 is 12.8. The number of fused-ring (bicyclic) bond motifs is 1. The second kappa shape index (κ2) is 7.89. The van der Waals surface area contributed by atoms with Gasteiger partial charge in [0.2, 0.25) is 5.88 Å². The SMILES string of the molecule is CCOC(=O)c1nc(Cl)c2c(OCC)nc(-c3ccccc3)cc2c1Cl. The lowest BCUT2D eigenvalue weighted by Gasteiger charge is -2.13. The Morgan fingerprint density at radius 2 is 1.81 bits per heavy atom. The minimum Gasteiger partial charge on any atom is -0.477 e. The highest BCUT2D eigenvalue weighted by Gasteiger charge is 2.22. The summed E-state index contributed by atoms with van der Waals surface area (Å²) in [7, 11) is 0. The van der Waals surface area contributed by atoms with Gasteiger partial charge in [0, 0.05) is 10.9 Å². The van der Waals surface area contributed by atoms with Crippen LogP contribution < -0.4 is 4.74 Å². The summed E-state index contributed by atoms with van der Waals surface area (Å²) in [5.74, 6) is -0.309. The van der Waals surface area contributed by atoms with Gasteiger partial charge in [-0.3, -0.25) is 0 Å². The number of hydrogen-bond donors (Lipinski definition) is 0. The van der Waals surface area contributed by atoms with Crippen LogP contribution in [0.2, 0.25) is 10.2 Å². The van der Waals surface area contributed by atoms with Crippen LogP contribution >= 0.6 is 23.2 Å². The Hall–Kier alpha value is -2.37. The smallest absolute Gasteiger partial charge is 0.358 e. The van der Waals surface area contributed by atoms with Crippen molar-refractivity contribution in [3.63, 3.8) is 0 Å². The van der Waals surface area contributed by atoms with E-state index < -0.39 is 5.97 Å². The number of carbonyl (C=O) groups excluding carboxylic acids is 1. The standard InChI is InChI=1S/C19H16Cl2N2O3/c1-3-25-18-14-12(10-13(22-18)11-8-6-5-7-9-11)15(20)16(23-17(14)21)19(24)26-4-2/h5-10H,3-4H2,1-2H3. The fraction of sp³-hybridized carbons (Fsp3) is 0.211. The average Bonchev–Trinajstić information content (AvgIpc) is 2.65. The van der Waals surface area contributed by atoms with Crippen molar-refractivity contribution in [1.82, 2.24) is 9.97 Å². The van der Waals surface area contributed by atoms with Crippen molar-refractivity contribution < 1.29 is 14.3 Å². The van der Waals surface area contributed by atoms with E-state index in [-0.39, 0.29) is 22.5 Å². The van der Waals surface area contributed by atoms with Gasteiger partial charge in [0.15, 0.2) is 5.69 Å². The van der Waals surface area contributed by atoms with Crippen LogP contribution in [0.1, 0.15) is 24.3 Å². The highest BCUT2D eigenvalue weighted by Crippen LogP contribution is 2.38. The van der Waals surface area contributed by atoms with Gasteiger partial charge in [0.25, 0.3) is 0 Å². The molecule has 0 fully saturated rings. The first-order chi connectivity index (χ1) is 12.6. The molecule has 3 rings (SSSR count). The third-order valence-electron chi connectivity index (χ3n) is 3.67. The summed E-state index contributed by atoms with van der Waals surface area (Å²) < 4.78 is 10.7. The largest absolute Gasteiger partial charge is 0.477 e. The van der Waals surface area contributed by atoms with E-state index in [4.69, 9.17) is 32.7 Å².